The summed E-state index contributed by atoms with van der Waals surface area (Å²) in [6.45, 7) is 0.133. The van der Waals surface area contributed by atoms with Gasteiger partial charge >= 0.3 is 12.0 Å². The number of aliphatic carboxylic acids is 1. The smallest absolute Gasteiger partial charge is 0.327 e. The molecule has 1 unspecified atom stereocenters. The molecule has 0 radical (unpaired) electrons. The number of urea groups is 1. The first kappa shape index (κ1) is 13.5. The highest BCUT2D eigenvalue weighted by atomic mass is 16.7. The summed E-state index contributed by atoms with van der Waals surface area (Å²) in [5.41, 5.74) is 0.455. The van der Waals surface area contributed by atoms with Crippen molar-refractivity contribution in [2.75, 3.05) is 12.1 Å². The Labute approximate surface area is 114 Å². The van der Waals surface area contributed by atoms with Crippen LogP contribution in [0, 0.1) is 12.3 Å². The number of nitrogens with one attached hydrogen (secondary N) is 2. The van der Waals surface area contributed by atoms with E-state index in [1.54, 1.807) is 18.2 Å². The van der Waals surface area contributed by atoms with Gasteiger partial charge in [0.25, 0.3) is 0 Å². The number of anilines is 1. The number of ether oxygens (including phenoxy) is 2. The Balaban J connectivity index is 1.97. The van der Waals surface area contributed by atoms with Crippen LogP contribution < -0.4 is 20.1 Å². The fourth-order valence-corrected chi connectivity index (χ4v) is 1.62. The number of terminal acetylenes is 1. The molecular formula is C13H12N2O5. The number of carbonyl (C=O) groups excluding carboxylic acids is 1. The van der Waals surface area contributed by atoms with E-state index in [1.807, 2.05) is 0 Å². The van der Waals surface area contributed by atoms with E-state index in [0.29, 0.717) is 17.2 Å². The maximum Gasteiger partial charge on any atom is 0.327 e. The maximum atomic E-state index is 11.7. The lowest BCUT2D eigenvalue weighted by Crippen LogP contribution is -2.42. The molecule has 1 atom stereocenters. The van der Waals surface area contributed by atoms with E-state index in [4.69, 9.17) is 21.0 Å². The second-order valence-corrected chi connectivity index (χ2v) is 3.97. The van der Waals surface area contributed by atoms with Gasteiger partial charge in [0.05, 0.1) is 0 Å². The zero-order valence-corrected chi connectivity index (χ0v) is 10.4. The summed E-state index contributed by atoms with van der Waals surface area (Å²) in [4.78, 5) is 22.5. The van der Waals surface area contributed by atoms with Crippen LogP contribution in [0.1, 0.15) is 6.42 Å². The van der Waals surface area contributed by atoms with E-state index in [-0.39, 0.29) is 13.2 Å². The SMILES string of the molecule is C#CCC(NC(=O)Nc1ccc2c(c1)OCO2)C(=O)O. The van der Waals surface area contributed by atoms with Crippen molar-refractivity contribution in [1.82, 2.24) is 5.32 Å². The molecule has 0 saturated carbocycles. The second-order valence-electron chi connectivity index (χ2n) is 3.97. The van der Waals surface area contributed by atoms with Crippen LogP contribution in [0.2, 0.25) is 0 Å². The molecule has 0 spiro atoms. The van der Waals surface area contributed by atoms with Crippen molar-refractivity contribution in [2.45, 2.75) is 12.5 Å². The average molecular weight is 276 g/mol. The molecule has 1 aliphatic rings. The number of benzene rings is 1. The summed E-state index contributed by atoms with van der Waals surface area (Å²) in [6, 6.07) is 3.05. The van der Waals surface area contributed by atoms with Crippen LogP contribution in [0.3, 0.4) is 0 Å². The predicted molar refractivity (Wildman–Crippen MR) is 69.6 cm³/mol. The van der Waals surface area contributed by atoms with Crippen molar-refractivity contribution in [2.24, 2.45) is 0 Å². The molecule has 1 aliphatic heterocycles. The summed E-state index contributed by atoms with van der Waals surface area (Å²) in [5, 5.41) is 13.6. The first-order valence-electron chi connectivity index (χ1n) is 5.73. The fourth-order valence-electron chi connectivity index (χ4n) is 1.62. The van der Waals surface area contributed by atoms with Crippen LogP contribution in [-0.4, -0.2) is 29.9 Å². The van der Waals surface area contributed by atoms with Gasteiger partial charge in [-0.2, -0.15) is 0 Å². The monoisotopic (exact) mass is 276 g/mol. The minimum atomic E-state index is -1.19. The Hall–Kier alpha value is -2.88. The molecule has 7 heteroatoms. The van der Waals surface area contributed by atoms with Gasteiger partial charge in [-0.05, 0) is 12.1 Å². The Morgan fingerprint density at radius 3 is 2.85 bits per heavy atom. The predicted octanol–water partition coefficient (Wildman–Crippen LogP) is 1.01. The molecule has 20 heavy (non-hydrogen) atoms. The molecule has 104 valence electrons. The van der Waals surface area contributed by atoms with Crippen LogP contribution in [0.15, 0.2) is 18.2 Å². The Morgan fingerprint density at radius 1 is 1.40 bits per heavy atom. The molecule has 1 aromatic carbocycles. The molecule has 1 heterocycles. The molecule has 0 bridgehead atoms. The largest absolute Gasteiger partial charge is 0.480 e. The van der Waals surface area contributed by atoms with Crippen molar-refractivity contribution in [3.63, 3.8) is 0 Å². The van der Waals surface area contributed by atoms with Gasteiger partial charge in [-0.25, -0.2) is 9.59 Å². The highest BCUT2D eigenvalue weighted by molar-refractivity contribution is 5.92. The van der Waals surface area contributed by atoms with Crippen LogP contribution in [-0.2, 0) is 4.79 Å². The number of hydrogen-bond acceptors (Lipinski definition) is 4. The van der Waals surface area contributed by atoms with Crippen molar-refractivity contribution < 1.29 is 24.2 Å². The molecule has 2 amide bonds. The molecule has 3 N–H and O–H groups in total. The second kappa shape index (κ2) is 5.84. The van der Waals surface area contributed by atoms with Crippen molar-refractivity contribution >= 4 is 17.7 Å². The fraction of sp³-hybridized carbons (Fsp3) is 0.231. The van der Waals surface area contributed by atoms with Crippen LogP contribution in [0.5, 0.6) is 11.5 Å². The minimum absolute atomic E-state index is 0.0934. The summed E-state index contributed by atoms with van der Waals surface area (Å²) >= 11 is 0. The van der Waals surface area contributed by atoms with E-state index < -0.39 is 18.0 Å². The van der Waals surface area contributed by atoms with Crippen LogP contribution in [0.25, 0.3) is 0 Å². The van der Waals surface area contributed by atoms with Crippen molar-refractivity contribution in [1.29, 1.82) is 0 Å². The average Bonchev–Trinajstić information content (AvgIpc) is 2.85. The quantitative estimate of drug-likeness (QED) is 0.713. The molecule has 0 saturated heterocycles. The Kier molecular flexibility index (Phi) is 3.96. The summed E-state index contributed by atoms with van der Waals surface area (Å²) in [7, 11) is 0. The first-order valence-corrected chi connectivity index (χ1v) is 5.73. The summed E-state index contributed by atoms with van der Waals surface area (Å²) in [5.74, 6) is 2.11. The number of rotatable bonds is 4. The highest BCUT2D eigenvalue weighted by Gasteiger charge is 2.19. The number of carboxylic acid groups (broad SMARTS) is 1. The molecular weight excluding hydrogens is 264 g/mol. The Bertz CT molecular complexity index is 579. The van der Waals surface area contributed by atoms with Gasteiger partial charge in [0, 0.05) is 18.2 Å². The summed E-state index contributed by atoms with van der Waals surface area (Å²) in [6.07, 6.45) is 4.95. The van der Waals surface area contributed by atoms with Gasteiger partial charge < -0.3 is 25.2 Å². The van der Waals surface area contributed by atoms with Crippen molar-refractivity contribution in [3.8, 4) is 23.8 Å². The van der Waals surface area contributed by atoms with Gasteiger partial charge in [0.15, 0.2) is 11.5 Å². The van der Waals surface area contributed by atoms with E-state index in [2.05, 4.69) is 16.6 Å². The third-order valence-corrected chi connectivity index (χ3v) is 2.56. The Morgan fingerprint density at radius 2 is 2.15 bits per heavy atom. The zero-order chi connectivity index (χ0) is 14.5. The third kappa shape index (κ3) is 3.11. The first-order chi connectivity index (χ1) is 9.60. The number of hydrogen-bond donors (Lipinski definition) is 3. The topological polar surface area (TPSA) is 96.9 Å². The molecule has 0 fully saturated rings. The lowest BCUT2D eigenvalue weighted by molar-refractivity contribution is -0.139. The van der Waals surface area contributed by atoms with Gasteiger partial charge in [-0.3, -0.25) is 0 Å². The van der Waals surface area contributed by atoms with Gasteiger partial charge in [0.1, 0.15) is 6.04 Å². The number of fused-ring (bicyclic) bond motifs is 1. The third-order valence-electron chi connectivity index (χ3n) is 2.56. The molecule has 1 aromatic rings. The van der Waals surface area contributed by atoms with E-state index in [1.165, 1.54) is 0 Å². The minimum Gasteiger partial charge on any atom is -0.480 e. The number of amides is 2. The van der Waals surface area contributed by atoms with E-state index in [0.717, 1.165) is 0 Å². The normalized spacial score (nSPS) is 13.2. The molecule has 0 aliphatic carbocycles. The zero-order valence-electron chi connectivity index (χ0n) is 10.4. The highest BCUT2D eigenvalue weighted by Crippen LogP contribution is 2.34. The van der Waals surface area contributed by atoms with Crippen LogP contribution >= 0.6 is 0 Å². The number of carboxylic acids is 1. The maximum absolute atomic E-state index is 11.7. The molecule has 2 rings (SSSR count). The van der Waals surface area contributed by atoms with Crippen molar-refractivity contribution in [3.05, 3.63) is 18.2 Å². The van der Waals surface area contributed by atoms with E-state index in [9.17, 15) is 9.59 Å². The van der Waals surface area contributed by atoms with Gasteiger partial charge in [-0.1, -0.05) is 0 Å². The van der Waals surface area contributed by atoms with Gasteiger partial charge in [-0.15, -0.1) is 12.3 Å². The van der Waals surface area contributed by atoms with Gasteiger partial charge in [0.2, 0.25) is 6.79 Å². The van der Waals surface area contributed by atoms with E-state index >= 15 is 0 Å². The molecule has 7 nitrogen and oxygen atoms in total. The van der Waals surface area contributed by atoms with Crippen LogP contribution in [0.4, 0.5) is 10.5 Å². The number of carbonyl (C=O) groups is 2. The lowest BCUT2D eigenvalue weighted by atomic mass is 10.2. The summed E-state index contributed by atoms with van der Waals surface area (Å²) < 4.78 is 10.3. The lowest BCUT2D eigenvalue weighted by Gasteiger charge is -2.13. The molecule has 0 aromatic heterocycles. The standard InChI is InChI=1S/C13H12N2O5/c1-2-3-9(12(16)17)15-13(18)14-8-4-5-10-11(6-8)20-7-19-10/h1,4-6,9H,3,7H2,(H,16,17)(H2,14,15,18).